The lowest BCUT2D eigenvalue weighted by atomic mass is 9.99. The molecule has 0 bridgehead atoms. The van der Waals surface area contributed by atoms with Crippen molar-refractivity contribution in [3.8, 4) is 44.9 Å². The largest absolute Gasteiger partial charge is 0.465 e. The standard InChI is InChI=1S/C29H21O3.ClHO4/c1-31-29(30)26-19-25(23-15-9-4-10-16-24(23)26)22-17-27(20-11-5-2-6-12-20)32-28(18-22)21-13-7-3-8-14-21;2-1(3,4)5/h2-19H,1H3;(H,2,3,4,5)/q+1;/p-1. The minimum Gasteiger partial charge on any atom is -0.465 e. The highest BCUT2D eigenvalue weighted by molar-refractivity contribution is 6.04. The molecular formula is C29H21ClO7. The van der Waals surface area contributed by atoms with Crippen LogP contribution in [0.25, 0.3) is 44.9 Å². The number of methoxy groups -OCH3 is 1. The quantitative estimate of drug-likeness (QED) is 0.265. The molecule has 0 unspecified atom stereocenters. The van der Waals surface area contributed by atoms with Gasteiger partial charge in [0, 0.05) is 5.56 Å². The highest BCUT2D eigenvalue weighted by atomic mass is 35.7. The Hall–Kier alpha value is -4.11. The van der Waals surface area contributed by atoms with Gasteiger partial charge in [-0.2, -0.15) is 0 Å². The first-order chi connectivity index (χ1) is 17.7. The minimum absolute atomic E-state index is 0.348. The van der Waals surface area contributed by atoms with Gasteiger partial charge in [0.25, 0.3) is 0 Å². The van der Waals surface area contributed by atoms with Crippen LogP contribution in [0, 0.1) is 10.2 Å². The molecule has 1 aromatic heterocycles. The van der Waals surface area contributed by atoms with Crippen LogP contribution in [0.15, 0.2) is 114 Å². The van der Waals surface area contributed by atoms with Crippen molar-refractivity contribution in [2.75, 3.05) is 7.11 Å². The number of fused-ring (bicyclic) bond motifs is 1. The number of carbonyl (C=O) groups is 1. The molecule has 0 saturated carbocycles. The molecular weight excluding hydrogens is 496 g/mol. The van der Waals surface area contributed by atoms with E-state index in [0.717, 1.165) is 44.9 Å². The van der Waals surface area contributed by atoms with E-state index >= 15 is 0 Å². The van der Waals surface area contributed by atoms with Gasteiger partial charge in [-0.3, -0.25) is 0 Å². The van der Waals surface area contributed by atoms with Crippen LogP contribution in [0.3, 0.4) is 0 Å². The van der Waals surface area contributed by atoms with Gasteiger partial charge < -0.3 is 4.74 Å². The summed E-state index contributed by atoms with van der Waals surface area (Å²) in [6.45, 7) is 0. The Labute approximate surface area is 215 Å². The minimum atomic E-state index is -4.94. The molecule has 0 N–H and O–H groups in total. The second-order valence-electron chi connectivity index (χ2n) is 7.89. The van der Waals surface area contributed by atoms with Crippen molar-refractivity contribution in [3.63, 3.8) is 0 Å². The van der Waals surface area contributed by atoms with E-state index in [1.165, 1.54) is 7.11 Å². The SMILES string of the molecule is COC(=O)c1cc(-c2cc(-c3ccccc3)[o+]c(-c3ccccc3)c2)c2cccccc1-2.[O-][Cl+3]([O-])([O-])[O-]. The van der Waals surface area contributed by atoms with Gasteiger partial charge >= 0.3 is 17.5 Å². The van der Waals surface area contributed by atoms with E-state index in [1.54, 1.807) is 0 Å². The van der Waals surface area contributed by atoms with E-state index in [0.29, 0.717) is 5.56 Å². The molecule has 0 amide bonds. The third-order valence-corrected chi connectivity index (χ3v) is 5.53. The van der Waals surface area contributed by atoms with E-state index in [-0.39, 0.29) is 5.97 Å². The average molecular weight is 517 g/mol. The highest BCUT2D eigenvalue weighted by Crippen LogP contribution is 2.41. The van der Waals surface area contributed by atoms with Crippen LogP contribution in [0.1, 0.15) is 10.4 Å². The Morgan fingerprint density at radius 3 is 1.51 bits per heavy atom. The van der Waals surface area contributed by atoms with Gasteiger partial charge in [-0.05, 0) is 47.0 Å². The third kappa shape index (κ3) is 6.56. The van der Waals surface area contributed by atoms with Crippen LogP contribution < -0.4 is 18.6 Å². The Balaban J connectivity index is 0.000000586. The van der Waals surface area contributed by atoms with Gasteiger partial charge in [0.1, 0.15) is 0 Å². The zero-order valence-corrected chi connectivity index (χ0v) is 20.4. The third-order valence-electron chi connectivity index (χ3n) is 5.53. The average Bonchev–Trinajstić information content (AvgIpc) is 3.08. The van der Waals surface area contributed by atoms with Crippen molar-refractivity contribution in [3.05, 3.63) is 115 Å². The maximum atomic E-state index is 12.5. The Kier molecular flexibility index (Phi) is 7.93. The second-order valence-corrected chi connectivity index (χ2v) is 8.64. The first kappa shape index (κ1) is 26.0. The Morgan fingerprint density at radius 2 is 1.05 bits per heavy atom. The molecule has 0 fully saturated rings. The zero-order chi connectivity index (χ0) is 26.4. The fourth-order valence-electron chi connectivity index (χ4n) is 3.98. The van der Waals surface area contributed by atoms with Crippen LogP contribution >= 0.6 is 0 Å². The molecule has 0 radical (unpaired) electrons. The van der Waals surface area contributed by atoms with Gasteiger partial charge in [-0.15, -0.1) is 10.2 Å². The Bertz CT molecular complexity index is 1400. The van der Waals surface area contributed by atoms with Crippen LogP contribution in [0.4, 0.5) is 0 Å². The summed E-state index contributed by atoms with van der Waals surface area (Å²) in [5.41, 5.74) is 6.31. The molecule has 2 aliphatic rings. The van der Waals surface area contributed by atoms with Crippen molar-refractivity contribution in [1.29, 1.82) is 0 Å². The molecule has 7 nitrogen and oxygen atoms in total. The molecule has 5 rings (SSSR count). The topological polar surface area (TPSA) is 130 Å². The van der Waals surface area contributed by atoms with Crippen molar-refractivity contribution in [2.24, 2.45) is 0 Å². The maximum Gasteiger partial charge on any atom is 0.361 e. The summed E-state index contributed by atoms with van der Waals surface area (Å²) in [6, 6.07) is 35.9. The predicted molar refractivity (Wildman–Crippen MR) is 127 cm³/mol. The van der Waals surface area contributed by atoms with Crippen LogP contribution in [0.2, 0.25) is 0 Å². The number of esters is 1. The summed E-state index contributed by atoms with van der Waals surface area (Å²) in [6.07, 6.45) is 0. The second kappa shape index (κ2) is 11.3. The van der Waals surface area contributed by atoms with Gasteiger partial charge in [-0.25, -0.2) is 27.8 Å². The summed E-state index contributed by atoms with van der Waals surface area (Å²) >= 11 is 0. The molecule has 3 aromatic rings. The van der Waals surface area contributed by atoms with Gasteiger partial charge in [0.2, 0.25) is 0 Å². The number of hydrogen-bond donors (Lipinski definition) is 0. The lowest BCUT2D eigenvalue weighted by molar-refractivity contribution is -2.00. The first-order valence-corrected chi connectivity index (χ1v) is 12.3. The van der Waals surface area contributed by atoms with Crippen molar-refractivity contribution >= 4 is 5.97 Å². The van der Waals surface area contributed by atoms with E-state index in [4.69, 9.17) is 27.8 Å². The lowest BCUT2D eigenvalue weighted by Crippen LogP contribution is -2.68. The van der Waals surface area contributed by atoms with Gasteiger partial charge in [0.05, 0.1) is 35.9 Å². The van der Waals surface area contributed by atoms with Crippen LogP contribution in [-0.2, 0) is 4.74 Å². The van der Waals surface area contributed by atoms with E-state index in [9.17, 15) is 4.79 Å². The van der Waals surface area contributed by atoms with E-state index < -0.39 is 10.2 Å². The molecule has 1 heterocycles. The zero-order valence-electron chi connectivity index (χ0n) is 19.6. The lowest BCUT2D eigenvalue weighted by Gasteiger charge is -2.17. The molecule has 0 spiro atoms. The molecule has 0 aliphatic heterocycles. The smallest absolute Gasteiger partial charge is 0.361 e. The normalized spacial score (nSPS) is 10.9. The summed E-state index contributed by atoms with van der Waals surface area (Å²) in [5, 5.41) is 0. The molecule has 2 aromatic carbocycles. The van der Waals surface area contributed by atoms with Crippen LogP contribution in [0.5, 0.6) is 0 Å². The van der Waals surface area contributed by atoms with Gasteiger partial charge in [0.15, 0.2) is 0 Å². The summed E-state index contributed by atoms with van der Waals surface area (Å²) < 4.78 is 45.4. The maximum absolute atomic E-state index is 12.5. The monoisotopic (exact) mass is 516 g/mol. The van der Waals surface area contributed by atoms with E-state index in [2.05, 4.69) is 0 Å². The molecule has 0 saturated heterocycles. The van der Waals surface area contributed by atoms with E-state index in [1.807, 2.05) is 109 Å². The Morgan fingerprint density at radius 1 is 0.622 bits per heavy atom. The van der Waals surface area contributed by atoms with Crippen molar-refractivity contribution in [2.45, 2.75) is 0 Å². The number of hydrogen-bond acceptors (Lipinski definition) is 6. The fraction of sp³-hybridized carbons (Fsp3) is 0.0345. The molecule has 0 atom stereocenters. The first-order valence-electron chi connectivity index (χ1n) is 11.1. The van der Waals surface area contributed by atoms with Crippen LogP contribution in [-0.4, -0.2) is 13.1 Å². The number of benzene rings is 2. The molecule has 2 aliphatic carbocycles. The predicted octanol–water partition coefficient (Wildman–Crippen LogP) is 2.70. The number of rotatable bonds is 4. The summed E-state index contributed by atoms with van der Waals surface area (Å²) in [7, 11) is -3.54. The number of carbonyl (C=O) groups excluding carboxylic acids is 1. The summed E-state index contributed by atoms with van der Waals surface area (Å²) in [4.78, 5) is 12.5. The molecule has 186 valence electrons. The molecule has 8 heteroatoms. The van der Waals surface area contributed by atoms with Crippen molar-refractivity contribution in [1.82, 2.24) is 0 Å². The fourth-order valence-corrected chi connectivity index (χ4v) is 3.98. The van der Waals surface area contributed by atoms with Gasteiger partial charge in [-0.1, -0.05) is 66.7 Å². The van der Waals surface area contributed by atoms with Crippen molar-refractivity contribution < 1.29 is 42.8 Å². The summed E-state index contributed by atoms with van der Waals surface area (Å²) in [5.74, 6) is 1.17. The number of ether oxygens (including phenoxy) is 1. The highest BCUT2D eigenvalue weighted by Gasteiger charge is 2.25. The molecule has 37 heavy (non-hydrogen) atoms. The number of halogens is 1.